The minimum absolute atomic E-state index is 0.107. The van der Waals surface area contributed by atoms with Gasteiger partial charge in [-0.15, -0.1) is 0 Å². The van der Waals surface area contributed by atoms with Gasteiger partial charge in [-0.2, -0.15) is 13.8 Å². The second-order valence-electron chi connectivity index (χ2n) is 4.01. The van der Waals surface area contributed by atoms with Gasteiger partial charge in [0.05, 0.1) is 0 Å². The van der Waals surface area contributed by atoms with Gasteiger partial charge in [0.25, 0.3) is 5.91 Å². The highest BCUT2D eigenvalue weighted by Crippen LogP contribution is 2.12. The smallest absolute Gasteiger partial charge is 0.255 e. The summed E-state index contributed by atoms with van der Waals surface area (Å²) in [6.07, 6.45) is 0.898. The first-order chi connectivity index (χ1) is 9.08. The Kier molecular flexibility index (Phi) is 3.85. The number of nitrogens with zero attached hydrogens (tertiary/aromatic N) is 1. The number of aryl methyl sites for hydroxylation is 1. The molecule has 1 amide bonds. The molecule has 0 aliphatic rings. The number of nitrogens with one attached hydrogen (secondary N) is 1. The standard InChI is InChI=1S/C14H12F2N2O/c1-2-9-3-5-11(6-4-9)17-14(19)10-7-12(15)18-13(16)8-10/h3-8H,2H2,1H3,(H,17,19). The molecule has 3 nitrogen and oxygen atoms in total. The quantitative estimate of drug-likeness (QED) is 0.863. The highest BCUT2D eigenvalue weighted by molar-refractivity contribution is 6.04. The minimum Gasteiger partial charge on any atom is -0.322 e. The van der Waals surface area contributed by atoms with Crippen molar-refractivity contribution in [3.8, 4) is 0 Å². The summed E-state index contributed by atoms with van der Waals surface area (Å²) in [5, 5.41) is 2.56. The van der Waals surface area contributed by atoms with Crippen LogP contribution in [0.15, 0.2) is 36.4 Å². The largest absolute Gasteiger partial charge is 0.322 e. The van der Waals surface area contributed by atoms with E-state index in [9.17, 15) is 13.6 Å². The molecule has 1 heterocycles. The number of hydrogen-bond donors (Lipinski definition) is 1. The Morgan fingerprint density at radius 1 is 1.16 bits per heavy atom. The van der Waals surface area contributed by atoms with Crippen LogP contribution in [0.3, 0.4) is 0 Å². The molecule has 1 aromatic carbocycles. The van der Waals surface area contributed by atoms with Crippen molar-refractivity contribution in [2.24, 2.45) is 0 Å². The fraction of sp³-hybridized carbons (Fsp3) is 0.143. The van der Waals surface area contributed by atoms with Gasteiger partial charge in [-0.1, -0.05) is 19.1 Å². The average molecular weight is 262 g/mol. The van der Waals surface area contributed by atoms with E-state index in [-0.39, 0.29) is 5.56 Å². The zero-order valence-electron chi connectivity index (χ0n) is 10.3. The number of aromatic nitrogens is 1. The summed E-state index contributed by atoms with van der Waals surface area (Å²) in [6, 6.07) is 9.01. The van der Waals surface area contributed by atoms with Crippen molar-refractivity contribution in [2.75, 3.05) is 5.32 Å². The van der Waals surface area contributed by atoms with Gasteiger partial charge in [0.15, 0.2) is 0 Å². The Labute approximate surface area is 109 Å². The van der Waals surface area contributed by atoms with Crippen molar-refractivity contribution >= 4 is 11.6 Å². The fourth-order valence-electron chi connectivity index (χ4n) is 1.62. The van der Waals surface area contributed by atoms with Crippen LogP contribution >= 0.6 is 0 Å². The van der Waals surface area contributed by atoms with Crippen LogP contribution in [-0.4, -0.2) is 10.9 Å². The molecule has 19 heavy (non-hydrogen) atoms. The molecule has 5 heteroatoms. The van der Waals surface area contributed by atoms with Gasteiger partial charge < -0.3 is 5.32 Å². The van der Waals surface area contributed by atoms with Crippen molar-refractivity contribution in [3.63, 3.8) is 0 Å². The Balaban J connectivity index is 2.15. The molecule has 98 valence electrons. The van der Waals surface area contributed by atoms with Gasteiger partial charge in [0, 0.05) is 23.4 Å². The van der Waals surface area contributed by atoms with E-state index in [1.807, 2.05) is 19.1 Å². The molecule has 0 aliphatic heterocycles. The van der Waals surface area contributed by atoms with Crippen LogP contribution in [0, 0.1) is 11.9 Å². The van der Waals surface area contributed by atoms with E-state index in [4.69, 9.17) is 0 Å². The predicted octanol–water partition coefficient (Wildman–Crippen LogP) is 3.17. The number of amides is 1. The lowest BCUT2D eigenvalue weighted by Gasteiger charge is -2.06. The molecule has 0 spiro atoms. The lowest BCUT2D eigenvalue weighted by Crippen LogP contribution is -2.13. The third-order valence-corrected chi connectivity index (χ3v) is 2.65. The molecule has 2 rings (SSSR count). The normalized spacial score (nSPS) is 10.3. The fourth-order valence-corrected chi connectivity index (χ4v) is 1.62. The molecular formula is C14H12F2N2O. The zero-order chi connectivity index (χ0) is 13.8. The van der Waals surface area contributed by atoms with Crippen LogP contribution in [0.5, 0.6) is 0 Å². The first kappa shape index (κ1) is 13.1. The van der Waals surface area contributed by atoms with Crippen molar-refractivity contribution < 1.29 is 13.6 Å². The first-order valence-electron chi connectivity index (χ1n) is 5.82. The van der Waals surface area contributed by atoms with Crippen molar-refractivity contribution in [2.45, 2.75) is 13.3 Å². The molecular weight excluding hydrogens is 250 g/mol. The molecule has 1 N–H and O–H groups in total. The van der Waals surface area contributed by atoms with Crippen molar-refractivity contribution in [1.82, 2.24) is 4.98 Å². The van der Waals surface area contributed by atoms with Gasteiger partial charge in [-0.3, -0.25) is 4.79 Å². The van der Waals surface area contributed by atoms with Crippen LogP contribution in [0.4, 0.5) is 14.5 Å². The van der Waals surface area contributed by atoms with E-state index < -0.39 is 17.8 Å². The maximum atomic E-state index is 12.9. The monoisotopic (exact) mass is 262 g/mol. The number of halogens is 2. The number of anilines is 1. The van der Waals surface area contributed by atoms with Gasteiger partial charge in [0.1, 0.15) is 0 Å². The maximum Gasteiger partial charge on any atom is 0.255 e. The van der Waals surface area contributed by atoms with Gasteiger partial charge in [-0.05, 0) is 24.1 Å². The third kappa shape index (κ3) is 3.34. The molecule has 1 aromatic heterocycles. The molecule has 0 fully saturated rings. The summed E-state index contributed by atoms with van der Waals surface area (Å²) in [6.45, 7) is 2.02. The highest BCUT2D eigenvalue weighted by atomic mass is 19.1. The Morgan fingerprint density at radius 3 is 2.26 bits per heavy atom. The van der Waals surface area contributed by atoms with Crippen molar-refractivity contribution in [3.05, 3.63) is 59.4 Å². The third-order valence-electron chi connectivity index (χ3n) is 2.65. The van der Waals surface area contributed by atoms with Crippen LogP contribution in [-0.2, 0) is 6.42 Å². The molecule has 0 aliphatic carbocycles. The summed E-state index contributed by atoms with van der Waals surface area (Å²) in [5.74, 6) is -2.62. The summed E-state index contributed by atoms with van der Waals surface area (Å²) in [7, 11) is 0. The number of carbonyl (C=O) groups is 1. The lowest BCUT2D eigenvalue weighted by atomic mass is 10.1. The maximum absolute atomic E-state index is 12.9. The molecule has 0 saturated carbocycles. The second kappa shape index (κ2) is 5.56. The highest BCUT2D eigenvalue weighted by Gasteiger charge is 2.10. The van der Waals surface area contributed by atoms with Gasteiger partial charge >= 0.3 is 0 Å². The van der Waals surface area contributed by atoms with E-state index in [0.717, 1.165) is 24.1 Å². The molecule has 0 radical (unpaired) electrons. The topological polar surface area (TPSA) is 42.0 Å². The van der Waals surface area contributed by atoms with Crippen molar-refractivity contribution in [1.29, 1.82) is 0 Å². The van der Waals surface area contributed by atoms with E-state index in [0.29, 0.717) is 5.69 Å². The summed E-state index contributed by atoms with van der Waals surface area (Å²) in [4.78, 5) is 14.7. The van der Waals surface area contributed by atoms with Crippen LogP contribution in [0.2, 0.25) is 0 Å². The van der Waals surface area contributed by atoms with Gasteiger partial charge in [-0.25, -0.2) is 0 Å². The molecule has 2 aromatic rings. The predicted molar refractivity (Wildman–Crippen MR) is 67.9 cm³/mol. The van der Waals surface area contributed by atoms with Crippen LogP contribution < -0.4 is 5.32 Å². The average Bonchev–Trinajstić information content (AvgIpc) is 2.38. The summed E-state index contributed by atoms with van der Waals surface area (Å²) in [5.41, 5.74) is 1.60. The van der Waals surface area contributed by atoms with E-state index in [1.54, 1.807) is 12.1 Å². The number of carbonyl (C=O) groups excluding carboxylic acids is 1. The second-order valence-corrected chi connectivity index (χ2v) is 4.01. The summed E-state index contributed by atoms with van der Waals surface area (Å²) < 4.78 is 25.8. The minimum atomic E-state index is -1.02. The van der Waals surface area contributed by atoms with Crippen LogP contribution in [0.25, 0.3) is 0 Å². The molecule has 0 atom stereocenters. The van der Waals surface area contributed by atoms with Crippen LogP contribution in [0.1, 0.15) is 22.8 Å². The first-order valence-corrected chi connectivity index (χ1v) is 5.82. The number of benzene rings is 1. The Morgan fingerprint density at radius 2 is 1.74 bits per heavy atom. The van der Waals surface area contributed by atoms with E-state index in [2.05, 4.69) is 10.3 Å². The van der Waals surface area contributed by atoms with E-state index >= 15 is 0 Å². The zero-order valence-corrected chi connectivity index (χ0v) is 10.3. The molecule has 0 bridgehead atoms. The SMILES string of the molecule is CCc1ccc(NC(=O)c2cc(F)nc(F)c2)cc1. The lowest BCUT2D eigenvalue weighted by molar-refractivity contribution is 0.102. The Bertz CT molecular complexity index is 577. The van der Waals surface area contributed by atoms with E-state index in [1.165, 1.54) is 0 Å². The number of rotatable bonds is 3. The number of hydrogen-bond acceptors (Lipinski definition) is 2. The van der Waals surface area contributed by atoms with Gasteiger partial charge in [0.2, 0.25) is 11.9 Å². The summed E-state index contributed by atoms with van der Waals surface area (Å²) >= 11 is 0. The number of pyridine rings is 1. The Hall–Kier alpha value is -2.30. The molecule has 0 saturated heterocycles. The molecule has 0 unspecified atom stereocenters.